The predicted molar refractivity (Wildman–Crippen MR) is 79.2 cm³/mol. The fraction of sp³-hybridized carbons (Fsp3) is 0.333. The van der Waals surface area contributed by atoms with Gasteiger partial charge in [-0.2, -0.15) is 5.10 Å². The van der Waals surface area contributed by atoms with Crippen LogP contribution in [0.3, 0.4) is 0 Å². The molecule has 3 rings (SSSR count). The number of carbonyl (C=O) groups excluding carboxylic acids is 1. The highest BCUT2D eigenvalue weighted by atomic mass is 16.1. The summed E-state index contributed by atoms with van der Waals surface area (Å²) in [5.74, 6) is -0.0944. The number of nitrogens with zero attached hydrogens (tertiary/aromatic N) is 2. The maximum Gasteiger partial charge on any atom is 0.255 e. The van der Waals surface area contributed by atoms with Gasteiger partial charge in [0, 0.05) is 30.0 Å². The molecule has 1 aliphatic heterocycles. The van der Waals surface area contributed by atoms with Crippen molar-refractivity contribution in [3.05, 3.63) is 41.7 Å². The molecule has 1 amide bonds. The predicted octanol–water partition coefficient (Wildman–Crippen LogP) is 2.68. The Labute approximate surface area is 118 Å². The van der Waals surface area contributed by atoms with E-state index in [1.165, 1.54) is 5.56 Å². The second kappa shape index (κ2) is 5.00. The lowest BCUT2D eigenvalue weighted by Crippen LogP contribution is -2.11. The van der Waals surface area contributed by atoms with Crippen molar-refractivity contribution in [1.82, 2.24) is 9.78 Å². The molecule has 0 spiro atoms. The van der Waals surface area contributed by atoms with Gasteiger partial charge in [0.05, 0.1) is 11.9 Å². The van der Waals surface area contributed by atoms with Gasteiger partial charge in [0.25, 0.3) is 5.91 Å². The first-order valence-electron chi connectivity index (χ1n) is 6.86. The average Bonchev–Trinajstić information content (AvgIpc) is 3.05. The maximum absolute atomic E-state index is 12.2. The van der Waals surface area contributed by atoms with Crippen LogP contribution in [0.25, 0.3) is 0 Å². The molecule has 1 aromatic carbocycles. The highest BCUT2D eigenvalue weighted by molar-refractivity contribution is 6.04. The van der Waals surface area contributed by atoms with E-state index in [0.717, 1.165) is 24.3 Å². The van der Waals surface area contributed by atoms with E-state index in [1.54, 1.807) is 6.20 Å². The molecular weight excluding hydrogens is 252 g/mol. The molecular formula is C15H18N4O. The average molecular weight is 270 g/mol. The van der Waals surface area contributed by atoms with Gasteiger partial charge in [0.1, 0.15) is 0 Å². The van der Waals surface area contributed by atoms with Crippen LogP contribution in [0.2, 0.25) is 0 Å². The van der Waals surface area contributed by atoms with Gasteiger partial charge in [-0.05, 0) is 44.0 Å². The Bertz CT molecular complexity index is 645. The summed E-state index contributed by atoms with van der Waals surface area (Å²) in [5.41, 5.74) is 3.75. The molecule has 0 saturated carbocycles. The van der Waals surface area contributed by atoms with Crippen LogP contribution in [0.4, 0.5) is 11.4 Å². The SMILES string of the molecule is CC(C)n1cc(NC(=O)c2ccc3c(c2)CCN3)cn1. The van der Waals surface area contributed by atoms with Gasteiger partial charge in [0.15, 0.2) is 0 Å². The normalized spacial score (nSPS) is 13.2. The summed E-state index contributed by atoms with van der Waals surface area (Å²) in [6.07, 6.45) is 4.49. The van der Waals surface area contributed by atoms with Crippen molar-refractivity contribution in [1.29, 1.82) is 0 Å². The smallest absolute Gasteiger partial charge is 0.255 e. The monoisotopic (exact) mass is 270 g/mol. The first-order valence-corrected chi connectivity index (χ1v) is 6.86. The second-order valence-electron chi connectivity index (χ2n) is 5.31. The topological polar surface area (TPSA) is 59.0 Å². The molecule has 1 aromatic heterocycles. The van der Waals surface area contributed by atoms with Gasteiger partial charge in [-0.1, -0.05) is 0 Å². The molecule has 2 aromatic rings. The quantitative estimate of drug-likeness (QED) is 0.901. The molecule has 104 valence electrons. The number of nitrogens with one attached hydrogen (secondary N) is 2. The minimum Gasteiger partial charge on any atom is -0.384 e. The van der Waals surface area contributed by atoms with E-state index in [0.29, 0.717) is 5.56 Å². The largest absolute Gasteiger partial charge is 0.384 e. The van der Waals surface area contributed by atoms with Crippen molar-refractivity contribution >= 4 is 17.3 Å². The van der Waals surface area contributed by atoms with Gasteiger partial charge in [-0.3, -0.25) is 9.48 Å². The molecule has 0 aliphatic carbocycles. The van der Waals surface area contributed by atoms with Crippen LogP contribution >= 0.6 is 0 Å². The van der Waals surface area contributed by atoms with Crippen molar-refractivity contribution < 1.29 is 4.79 Å². The minimum atomic E-state index is -0.0944. The van der Waals surface area contributed by atoms with E-state index in [9.17, 15) is 4.79 Å². The lowest BCUT2D eigenvalue weighted by atomic mass is 10.1. The Morgan fingerprint density at radius 3 is 3.05 bits per heavy atom. The molecule has 0 unspecified atom stereocenters. The third kappa shape index (κ3) is 2.39. The zero-order chi connectivity index (χ0) is 14.1. The third-order valence-electron chi connectivity index (χ3n) is 3.47. The number of carbonyl (C=O) groups is 1. The summed E-state index contributed by atoms with van der Waals surface area (Å²) >= 11 is 0. The van der Waals surface area contributed by atoms with Crippen LogP contribution < -0.4 is 10.6 Å². The fourth-order valence-corrected chi connectivity index (χ4v) is 2.33. The first-order chi connectivity index (χ1) is 9.63. The van der Waals surface area contributed by atoms with Crippen molar-refractivity contribution in [3.63, 3.8) is 0 Å². The van der Waals surface area contributed by atoms with E-state index < -0.39 is 0 Å². The number of fused-ring (bicyclic) bond motifs is 1. The highest BCUT2D eigenvalue weighted by Gasteiger charge is 2.14. The van der Waals surface area contributed by atoms with Crippen LogP contribution in [0.15, 0.2) is 30.6 Å². The van der Waals surface area contributed by atoms with Crippen LogP contribution in [0.5, 0.6) is 0 Å². The van der Waals surface area contributed by atoms with Gasteiger partial charge in [0.2, 0.25) is 0 Å². The zero-order valence-electron chi connectivity index (χ0n) is 11.7. The lowest BCUT2D eigenvalue weighted by Gasteiger charge is -2.06. The molecule has 5 nitrogen and oxygen atoms in total. The number of rotatable bonds is 3. The number of anilines is 2. The molecule has 0 saturated heterocycles. The number of hydrogen-bond donors (Lipinski definition) is 2. The van der Waals surface area contributed by atoms with Gasteiger partial charge < -0.3 is 10.6 Å². The van der Waals surface area contributed by atoms with Gasteiger partial charge in [-0.15, -0.1) is 0 Å². The summed E-state index contributed by atoms with van der Waals surface area (Å²) in [4.78, 5) is 12.2. The van der Waals surface area contributed by atoms with Crippen molar-refractivity contribution in [2.24, 2.45) is 0 Å². The van der Waals surface area contributed by atoms with Crippen LogP contribution in [-0.4, -0.2) is 22.2 Å². The van der Waals surface area contributed by atoms with Crippen molar-refractivity contribution in [3.8, 4) is 0 Å². The van der Waals surface area contributed by atoms with Gasteiger partial charge in [-0.25, -0.2) is 0 Å². The Morgan fingerprint density at radius 1 is 1.45 bits per heavy atom. The van der Waals surface area contributed by atoms with Crippen molar-refractivity contribution in [2.45, 2.75) is 26.3 Å². The lowest BCUT2D eigenvalue weighted by molar-refractivity contribution is 0.102. The van der Waals surface area contributed by atoms with Crippen LogP contribution in [0.1, 0.15) is 35.8 Å². The van der Waals surface area contributed by atoms with E-state index in [4.69, 9.17) is 0 Å². The molecule has 0 radical (unpaired) electrons. The van der Waals surface area contributed by atoms with Crippen LogP contribution in [0, 0.1) is 0 Å². The van der Waals surface area contributed by atoms with E-state index >= 15 is 0 Å². The number of amides is 1. The second-order valence-corrected chi connectivity index (χ2v) is 5.31. The first kappa shape index (κ1) is 12.7. The minimum absolute atomic E-state index is 0.0944. The molecule has 0 bridgehead atoms. The molecule has 2 heterocycles. The van der Waals surface area contributed by atoms with E-state index in [2.05, 4.69) is 15.7 Å². The number of aromatic nitrogens is 2. The Kier molecular flexibility index (Phi) is 3.18. The number of hydrogen-bond acceptors (Lipinski definition) is 3. The summed E-state index contributed by atoms with van der Waals surface area (Å²) < 4.78 is 1.82. The Hall–Kier alpha value is -2.30. The standard InChI is InChI=1S/C15H18N4O/c1-10(2)19-9-13(8-17-19)18-15(20)12-3-4-14-11(7-12)5-6-16-14/h3-4,7-10,16H,5-6H2,1-2H3,(H,18,20). The zero-order valence-corrected chi connectivity index (χ0v) is 11.7. The number of benzene rings is 1. The molecule has 1 aliphatic rings. The van der Waals surface area contributed by atoms with E-state index in [1.807, 2.05) is 42.9 Å². The summed E-state index contributed by atoms with van der Waals surface area (Å²) in [6.45, 7) is 5.04. The molecule has 20 heavy (non-hydrogen) atoms. The van der Waals surface area contributed by atoms with Gasteiger partial charge >= 0.3 is 0 Å². The Balaban J connectivity index is 1.75. The van der Waals surface area contributed by atoms with Crippen LogP contribution in [-0.2, 0) is 6.42 Å². The third-order valence-corrected chi connectivity index (χ3v) is 3.47. The summed E-state index contributed by atoms with van der Waals surface area (Å²) in [6, 6.07) is 6.05. The highest BCUT2D eigenvalue weighted by Crippen LogP contribution is 2.23. The summed E-state index contributed by atoms with van der Waals surface area (Å²) in [7, 11) is 0. The fourth-order valence-electron chi connectivity index (χ4n) is 2.33. The molecule has 2 N–H and O–H groups in total. The maximum atomic E-state index is 12.2. The van der Waals surface area contributed by atoms with E-state index in [-0.39, 0.29) is 11.9 Å². The van der Waals surface area contributed by atoms with Crippen molar-refractivity contribution in [2.75, 3.05) is 17.2 Å². The molecule has 0 fully saturated rings. The molecule has 5 heteroatoms. The molecule has 0 atom stereocenters. The summed E-state index contributed by atoms with van der Waals surface area (Å²) in [5, 5.41) is 10.4. The Morgan fingerprint density at radius 2 is 2.30 bits per heavy atom.